The third-order valence-corrected chi connectivity index (χ3v) is 3.79. The molecule has 0 spiro atoms. The van der Waals surface area contributed by atoms with E-state index < -0.39 is 0 Å². The molecule has 126 valence electrons. The molecule has 1 N–H and O–H groups in total. The normalized spacial score (nSPS) is 10.3. The van der Waals surface area contributed by atoms with Gasteiger partial charge in [-0.2, -0.15) is 0 Å². The van der Waals surface area contributed by atoms with Crippen LogP contribution in [0.4, 0.5) is 15.8 Å². The zero-order valence-electron chi connectivity index (χ0n) is 13.5. The Kier molecular flexibility index (Phi) is 5.93. The molecule has 0 aliphatic carbocycles. The van der Waals surface area contributed by atoms with Crippen molar-refractivity contribution < 1.29 is 14.0 Å². The van der Waals surface area contributed by atoms with Crippen LogP contribution in [0.5, 0.6) is 0 Å². The van der Waals surface area contributed by atoms with Crippen LogP contribution in [0.3, 0.4) is 0 Å². The number of carbonyl (C=O) groups is 2. The van der Waals surface area contributed by atoms with Crippen molar-refractivity contribution in [2.75, 3.05) is 16.8 Å². The topological polar surface area (TPSA) is 49.4 Å². The summed E-state index contributed by atoms with van der Waals surface area (Å²) in [6.07, 6.45) is 0.114. The van der Waals surface area contributed by atoms with E-state index in [1.54, 1.807) is 12.1 Å². The van der Waals surface area contributed by atoms with Gasteiger partial charge in [0.2, 0.25) is 11.8 Å². The summed E-state index contributed by atoms with van der Waals surface area (Å²) in [4.78, 5) is 25.4. The lowest BCUT2D eigenvalue weighted by molar-refractivity contribution is -0.117. The van der Waals surface area contributed by atoms with Gasteiger partial charge >= 0.3 is 0 Å². The first kappa shape index (κ1) is 17.9. The molecule has 2 rings (SSSR count). The second kappa shape index (κ2) is 7.93. The number of hydrogen-bond donors (Lipinski definition) is 1. The number of carbonyl (C=O) groups excluding carboxylic acids is 2. The number of amides is 2. The number of nitrogens with zero attached hydrogens (tertiary/aromatic N) is 1. The van der Waals surface area contributed by atoms with Gasteiger partial charge in [-0.1, -0.05) is 17.7 Å². The molecule has 0 aliphatic heterocycles. The minimum absolute atomic E-state index is 0.114. The Labute approximate surface area is 145 Å². The lowest BCUT2D eigenvalue weighted by atomic mass is 10.2. The molecule has 0 aromatic heterocycles. The van der Waals surface area contributed by atoms with Crippen molar-refractivity contribution in [1.29, 1.82) is 0 Å². The quantitative estimate of drug-likeness (QED) is 0.881. The molecule has 0 unspecified atom stereocenters. The minimum atomic E-state index is -0.378. The van der Waals surface area contributed by atoms with Gasteiger partial charge in [-0.25, -0.2) is 4.39 Å². The highest BCUT2D eigenvalue weighted by molar-refractivity contribution is 6.31. The van der Waals surface area contributed by atoms with Crippen LogP contribution < -0.4 is 10.2 Å². The average molecular weight is 349 g/mol. The highest BCUT2D eigenvalue weighted by Crippen LogP contribution is 2.21. The second-order valence-electron chi connectivity index (χ2n) is 5.40. The van der Waals surface area contributed by atoms with Crippen molar-refractivity contribution in [3.8, 4) is 0 Å². The highest BCUT2D eigenvalue weighted by Gasteiger charge is 2.14. The van der Waals surface area contributed by atoms with E-state index in [1.165, 1.54) is 36.1 Å². The minimum Gasteiger partial charge on any atom is -0.326 e. The fourth-order valence-corrected chi connectivity index (χ4v) is 2.42. The lowest BCUT2D eigenvalue weighted by Crippen LogP contribution is -2.32. The summed E-state index contributed by atoms with van der Waals surface area (Å²) in [6.45, 7) is 3.47. The molecule has 0 radical (unpaired) electrons. The van der Waals surface area contributed by atoms with Gasteiger partial charge in [-0.05, 0) is 48.9 Å². The van der Waals surface area contributed by atoms with Crippen LogP contribution >= 0.6 is 11.6 Å². The average Bonchev–Trinajstić information content (AvgIpc) is 2.52. The van der Waals surface area contributed by atoms with Gasteiger partial charge in [0.15, 0.2) is 0 Å². The van der Waals surface area contributed by atoms with Crippen molar-refractivity contribution in [2.45, 2.75) is 20.3 Å². The third kappa shape index (κ3) is 4.80. The smallest absolute Gasteiger partial charge is 0.226 e. The van der Waals surface area contributed by atoms with Crippen LogP contribution in [0.1, 0.15) is 18.9 Å². The number of halogens is 2. The maximum atomic E-state index is 13.0. The number of nitrogens with one attached hydrogen (secondary N) is 1. The summed E-state index contributed by atoms with van der Waals surface area (Å²) >= 11 is 5.93. The van der Waals surface area contributed by atoms with Crippen LogP contribution in [-0.2, 0) is 9.59 Å². The van der Waals surface area contributed by atoms with Gasteiger partial charge in [-0.3, -0.25) is 9.59 Å². The van der Waals surface area contributed by atoms with Gasteiger partial charge in [0.1, 0.15) is 5.82 Å². The summed E-state index contributed by atoms with van der Waals surface area (Å²) in [5.41, 5.74) is 2.09. The molecule has 0 atom stereocenters. The van der Waals surface area contributed by atoms with Crippen molar-refractivity contribution in [1.82, 2.24) is 0 Å². The summed E-state index contributed by atoms with van der Waals surface area (Å²) in [6, 6.07) is 10.8. The van der Waals surface area contributed by atoms with Crippen molar-refractivity contribution in [3.05, 3.63) is 58.9 Å². The van der Waals surface area contributed by atoms with Gasteiger partial charge in [0.05, 0.1) is 0 Å². The monoisotopic (exact) mass is 348 g/mol. The highest BCUT2D eigenvalue weighted by atomic mass is 35.5. The first-order valence-corrected chi connectivity index (χ1v) is 7.84. The number of aryl methyl sites for hydroxylation is 1. The van der Waals surface area contributed by atoms with Gasteiger partial charge in [-0.15, -0.1) is 0 Å². The number of benzene rings is 2. The molecule has 0 saturated carbocycles. The zero-order valence-corrected chi connectivity index (χ0v) is 14.2. The lowest BCUT2D eigenvalue weighted by Gasteiger charge is -2.21. The van der Waals surface area contributed by atoms with Crippen LogP contribution in [0, 0.1) is 12.7 Å². The largest absolute Gasteiger partial charge is 0.326 e. The zero-order chi connectivity index (χ0) is 17.7. The standard InChI is InChI=1S/C18H18ClFN2O2/c1-12-3-4-14(19)11-17(12)21-18(24)9-10-22(13(2)23)16-7-5-15(20)6-8-16/h3-8,11H,9-10H2,1-2H3,(H,21,24). The van der Waals surface area contributed by atoms with E-state index in [0.29, 0.717) is 16.4 Å². The number of anilines is 2. The Morgan fingerprint density at radius 1 is 1.17 bits per heavy atom. The Balaban J connectivity index is 2.01. The van der Waals surface area contributed by atoms with Gasteiger partial charge in [0, 0.05) is 36.3 Å². The second-order valence-corrected chi connectivity index (χ2v) is 5.84. The van der Waals surface area contributed by atoms with Gasteiger partial charge < -0.3 is 10.2 Å². The van der Waals surface area contributed by atoms with Crippen molar-refractivity contribution in [2.24, 2.45) is 0 Å². The van der Waals surface area contributed by atoms with Crippen LogP contribution in [0.15, 0.2) is 42.5 Å². The summed E-state index contributed by atoms with van der Waals surface area (Å²) in [7, 11) is 0. The van der Waals surface area contributed by atoms with E-state index in [1.807, 2.05) is 13.0 Å². The molecule has 6 heteroatoms. The SMILES string of the molecule is CC(=O)N(CCC(=O)Nc1cc(Cl)ccc1C)c1ccc(F)cc1. The maximum absolute atomic E-state index is 13.0. The van der Waals surface area contributed by atoms with Crippen LogP contribution in [0.2, 0.25) is 5.02 Å². The number of rotatable bonds is 5. The number of hydrogen-bond acceptors (Lipinski definition) is 2. The van der Waals surface area contributed by atoms with E-state index in [9.17, 15) is 14.0 Å². The first-order chi connectivity index (χ1) is 11.4. The Hall–Kier alpha value is -2.40. The van der Waals surface area contributed by atoms with Gasteiger partial charge in [0.25, 0.3) is 0 Å². The maximum Gasteiger partial charge on any atom is 0.226 e. The van der Waals surface area contributed by atoms with E-state index in [4.69, 9.17) is 11.6 Å². The fraction of sp³-hybridized carbons (Fsp3) is 0.222. The summed E-state index contributed by atoms with van der Waals surface area (Å²) < 4.78 is 13.0. The van der Waals surface area contributed by atoms with E-state index in [-0.39, 0.29) is 30.6 Å². The first-order valence-electron chi connectivity index (χ1n) is 7.46. The summed E-state index contributed by atoms with van der Waals surface area (Å²) in [5.74, 6) is -0.821. The van der Waals surface area contributed by atoms with E-state index in [0.717, 1.165) is 5.56 Å². The van der Waals surface area contributed by atoms with Crippen LogP contribution in [-0.4, -0.2) is 18.4 Å². The predicted octanol–water partition coefficient (Wildman–Crippen LogP) is 4.17. The molecular weight excluding hydrogens is 331 g/mol. The molecule has 0 saturated heterocycles. The third-order valence-electron chi connectivity index (χ3n) is 3.55. The molecule has 2 aromatic carbocycles. The molecule has 24 heavy (non-hydrogen) atoms. The summed E-state index contributed by atoms with van der Waals surface area (Å²) in [5, 5.41) is 3.32. The Bertz CT molecular complexity index is 747. The Morgan fingerprint density at radius 2 is 1.83 bits per heavy atom. The van der Waals surface area contributed by atoms with Crippen molar-refractivity contribution in [3.63, 3.8) is 0 Å². The predicted molar refractivity (Wildman–Crippen MR) is 93.9 cm³/mol. The molecule has 0 bridgehead atoms. The van der Waals surface area contributed by atoms with Crippen LogP contribution in [0.25, 0.3) is 0 Å². The molecule has 2 aromatic rings. The molecule has 0 fully saturated rings. The fourth-order valence-electron chi connectivity index (χ4n) is 2.24. The van der Waals surface area contributed by atoms with E-state index >= 15 is 0 Å². The molecule has 0 heterocycles. The van der Waals surface area contributed by atoms with Crippen molar-refractivity contribution >= 4 is 34.8 Å². The van der Waals surface area contributed by atoms with E-state index in [2.05, 4.69) is 5.32 Å². The molecule has 4 nitrogen and oxygen atoms in total. The molecular formula is C18H18ClFN2O2. The molecule has 2 amide bonds. The molecule has 0 aliphatic rings. The Morgan fingerprint density at radius 3 is 2.46 bits per heavy atom.